The molecule has 0 aliphatic carbocycles. The van der Waals surface area contributed by atoms with E-state index in [4.69, 9.17) is 30.3 Å². The Kier molecular flexibility index (Phi) is 1840. The van der Waals surface area contributed by atoms with Crippen LogP contribution in [0.3, 0.4) is 0 Å². The molecule has 12 nitrogen and oxygen atoms in total. The molecule has 13 heavy (non-hydrogen) atoms. The largest absolute Gasteiger partial charge is 3.00 e. The second-order valence-corrected chi connectivity index (χ2v) is 0.245. The fourth-order valence-electron chi connectivity index (χ4n) is 0. The van der Waals surface area contributed by atoms with Gasteiger partial charge in [-0.25, -0.2) is 0 Å². The van der Waals surface area contributed by atoms with Crippen molar-refractivity contribution in [2.24, 2.45) is 16.0 Å². The first-order valence-corrected chi connectivity index (χ1v) is 1.15. The summed E-state index contributed by atoms with van der Waals surface area (Å²) in [5.74, 6) is 0. The van der Waals surface area contributed by atoms with Crippen LogP contribution in [-0.4, -0.2) is 15.6 Å². The van der Waals surface area contributed by atoms with Crippen LogP contribution >= 0.6 is 0 Å². The van der Waals surface area contributed by atoms with Crippen LogP contribution in [-0.2, 0) is 16.8 Å². The van der Waals surface area contributed by atoms with Crippen LogP contribution in [0.5, 0.6) is 0 Å². The molecule has 0 aliphatic heterocycles. The quantitative estimate of drug-likeness (QED) is 0.263. The van der Waals surface area contributed by atoms with Crippen molar-refractivity contribution in [2.45, 2.75) is 0 Å². The van der Waals surface area contributed by atoms with E-state index < -0.39 is 0 Å². The van der Waals surface area contributed by atoms with E-state index in [9.17, 15) is 0 Å². The van der Waals surface area contributed by atoms with Crippen molar-refractivity contribution < 1.29 is 32.4 Å². The molecular formula is H12CoN6O6+3. The molecule has 12 N–H and O–H groups in total. The molecule has 0 atom stereocenters. The Morgan fingerprint density at radius 2 is 0.615 bits per heavy atom. The second kappa shape index (κ2) is 387. The van der Waals surface area contributed by atoms with Gasteiger partial charge in [0.2, 0.25) is 0 Å². The number of hydrogen-bond donors (Lipinski definition) is 6. The monoisotopic (exact) mass is 251 g/mol. The van der Waals surface area contributed by atoms with Crippen LogP contribution in [0.2, 0.25) is 0 Å². The molecule has 0 spiro atoms. The molecule has 0 aromatic carbocycles. The molecule has 84 valence electrons. The van der Waals surface area contributed by atoms with E-state index in [1.54, 1.807) is 0 Å². The van der Waals surface area contributed by atoms with Crippen molar-refractivity contribution in [3.63, 3.8) is 0 Å². The zero-order valence-corrected chi connectivity index (χ0v) is 7.40. The van der Waals surface area contributed by atoms with Gasteiger partial charge in [0.1, 0.15) is 0 Å². The summed E-state index contributed by atoms with van der Waals surface area (Å²) in [7, 11) is 0. The predicted octanol–water partition coefficient (Wildman–Crippen LogP) is 0.909. The second-order valence-electron chi connectivity index (χ2n) is 0.245. The first-order chi connectivity index (χ1) is 4.24. The van der Waals surface area contributed by atoms with Crippen molar-refractivity contribution in [1.29, 1.82) is 0 Å². The molecule has 0 saturated carbocycles. The first kappa shape index (κ1) is 61.7. The van der Waals surface area contributed by atoms with Gasteiger partial charge in [0, 0.05) is 0 Å². The average Bonchev–Trinajstić information content (AvgIpc) is 1.70. The molecule has 0 bridgehead atoms. The molecule has 0 amide bonds. The van der Waals surface area contributed by atoms with Crippen LogP contribution in [0, 0.1) is 14.7 Å². The molecule has 13 heteroatoms. The summed E-state index contributed by atoms with van der Waals surface area (Å²) in [6.45, 7) is 0. The Morgan fingerprint density at radius 3 is 0.615 bits per heavy atom. The minimum absolute atomic E-state index is 0. The maximum atomic E-state index is 8.11. The molecule has 0 aromatic rings. The van der Waals surface area contributed by atoms with Crippen LogP contribution in [0.1, 0.15) is 0 Å². The maximum Gasteiger partial charge on any atom is 3.00 e. The summed E-state index contributed by atoms with van der Waals surface area (Å²) >= 11 is 0. The molecule has 0 rings (SSSR count). The Hall–Kier alpha value is -1.41. The van der Waals surface area contributed by atoms with Gasteiger partial charge in [0.25, 0.3) is 0 Å². The fourth-order valence-corrected chi connectivity index (χ4v) is 0. The van der Waals surface area contributed by atoms with Crippen LogP contribution in [0.4, 0.5) is 0 Å². The average molecular weight is 251 g/mol. The Bertz CT molecular complexity index is 53.9. The van der Waals surface area contributed by atoms with Gasteiger partial charge < -0.3 is 34.1 Å². The van der Waals surface area contributed by atoms with E-state index in [2.05, 4.69) is 0 Å². The van der Waals surface area contributed by atoms with Crippen LogP contribution < -0.4 is 18.5 Å². The number of rotatable bonds is 0. The van der Waals surface area contributed by atoms with Crippen LogP contribution in [0.15, 0.2) is 16.0 Å². The standard InChI is InChI=1S/Co.3HNO2.3H3N/c;3*2-1-3;;;/h;3*(H,2,3);3*1H3/q+3;;;;;;. The summed E-state index contributed by atoms with van der Waals surface area (Å²) < 4.78 is 0. The summed E-state index contributed by atoms with van der Waals surface area (Å²) in [6, 6.07) is 0. The van der Waals surface area contributed by atoms with Gasteiger partial charge in [0.15, 0.2) is 16.0 Å². The summed E-state index contributed by atoms with van der Waals surface area (Å²) in [5, 5.41) is 23.7. The van der Waals surface area contributed by atoms with Crippen molar-refractivity contribution in [3.8, 4) is 0 Å². The third-order valence-electron chi connectivity index (χ3n) is 0. The van der Waals surface area contributed by atoms with Gasteiger partial charge in [-0.15, -0.1) is 14.7 Å². The predicted molar refractivity (Wildman–Crippen MR) is 37.8 cm³/mol. The Labute approximate surface area is 82.4 Å². The normalized spacial score (nSPS) is 2.77. The molecular weight excluding hydrogens is 239 g/mol. The minimum Gasteiger partial charge on any atom is -0.379 e. The first-order valence-electron chi connectivity index (χ1n) is 1.15. The zero-order valence-electron chi connectivity index (χ0n) is 6.36. The van der Waals surface area contributed by atoms with Gasteiger partial charge >= 0.3 is 16.8 Å². The summed E-state index contributed by atoms with van der Waals surface area (Å²) in [5.41, 5.74) is 0. The number of hydrogen-bond acceptors (Lipinski definition) is 9. The topological polar surface area (TPSA) is 254 Å². The van der Waals surface area contributed by atoms with E-state index in [1.165, 1.54) is 16.0 Å². The zero-order chi connectivity index (χ0) is 8.12. The van der Waals surface area contributed by atoms with E-state index in [0.717, 1.165) is 0 Å². The van der Waals surface area contributed by atoms with Gasteiger partial charge in [0.05, 0.1) is 0 Å². The Balaban J connectivity index is -0.00000000720. The van der Waals surface area contributed by atoms with Gasteiger partial charge in [-0.3, -0.25) is 0 Å². The van der Waals surface area contributed by atoms with Gasteiger partial charge in [-0.2, -0.15) is 0 Å². The fraction of sp³-hybridized carbons (Fsp3) is 0. The van der Waals surface area contributed by atoms with Crippen LogP contribution in [0.25, 0.3) is 0 Å². The smallest absolute Gasteiger partial charge is 0.379 e. The molecule has 0 aliphatic rings. The molecule has 0 unspecified atom stereocenters. The Morgan fingerprint density at radius 1 is 0.615 bits per heavy atom. The third-order valence-corrected chi connectivity index (χ3v) is 0. The molecule has 0 fully saturated rings. The SMILES string of the molecule is N.N.N.O=NO.O=NO.O=NO.[Co+3]. The van der Waals surface area contributed by atoms with E-state index in [-0.39, 0.29) is 35.2 Å². The van der Waals surface area contributed by atoms with Crippen molar-refractivity contribution in [2.75, 3.05) is 0 Å². The molecule has 0 aromatic heterocycles. The third kappa shape index (κ3) is 391. The van der Waals surface area contributed by atoms with E-state index in [1.807, 2.05) is 0 Å². The van der Waals surface area contributed by atoms with Gasteiger partial charge in [-0.1, -0.05) is 0 Å². The summed E-state index contributed by atoms with van der Waals surface area (Å²) in [4.78, 5) is 24.3. The maximum absolute atomic E-state index is 8.11. The number of nitrogens with zero attached hydrogens (tertiary/aromatic N) is 3. The van der Waals surface area contributed by atoms with Crippen molar-refractivity contribution >= 4 is 0 Å². The summed E-state index contributed by atoms with van der Waals surface area (Å²) in [6.07, 6.45) is 0. The van der Waals surface area contributed by atoms with E-state index >= 15 is 0 Å². The van der Waals surface area contributed by atoms with Crippen molar-refractivity contribution in [3.05, 3.63) is 14.7 Å². The van der Waals surface area contributed by atoms with E-state index in [0.29, 0.717) is 0 Å². The molecule has 0 radical (unpaired) electrons. The minimum atomic E-state index is 0. The van der Waals surface area contributed by atoms with Crippen molar-refractivity contribution in [1.82, 2.24) is 18.5 Å². The van der Waals surface area contributed by atoms with Gasteiger partial charge in [-0.05, 0) is 0 Å². The molecule has 0 saturated heterocycles. The molecule has 0 heterocycles.